The van der Waals surface area contributed by atoms with E-state index in [4.69, 9.17) is 4.98 Å². The van der Waals surface area contributed by atoms with E-state index >= 15 is 0 Å². The van der Waals surface area contributed by atoms with Gasteiger partial charge in [0.05, 0.1) is 17.9 Å². The predicted molar refractivity (Wildman–Crippen MR) is 54.0 cm³/mol. The van der Waals surface area contributed by atoms with Gasteiger partial charge in [-0.25, -0.2) is 10.4 Å². The van der Waals surface area contributed by atoms with E-state index in [1.54, 1.807) is 0 Å². The number of aryl methyl sites for hydroxylation is 1. The molecule has 0 radical (unpaired) electrons. The second-order valence-electron chi connectivity index (χ2n) is 4.13. The van der Waals surface area contributed by atoms with Crippen molar-refractivity contribution in [2.24, 2.45) is 0 Å². The Bertz CT molecular complexity index is 384. The van der Waals surface area contributed by atoms with Crippen molar-refractivity contribution in [3.63, 3.8) is 0 Å². The molecule has 0 spiro atoms. The van der Waals surface area contributed by atoms with Gasteiger partial charge in [-0.05, 0) is 19.8 Å². The second-order valence-corrected chi connectivity index (χ2v) is 4.13. The average Bonchev–Trinajstić information content (AvgIpc) is 2.94. The van der Waals surface area contributed by atoms with E-state index in [0.29, 0.717) is 5.92 Å². The van der Waals surface area contributed by atoms with Crippen LogP contribution in [0.15, 0.2) is 0 Å². The molecule has 4 heteroatoms. The zero-order valence-electron chi connectivity index (χ0n) is 8.54. The Balaban J connectivity index is 2.09. The van der Waals surface area contributed by atoms with Gasteiger partial charge in [-0.1, -0.05) is 0 Å². The zero-order valence-corrected chi connectivity index (χ0v) is 8.54. The Morgan fingerprint density at radius 1 is 1.36 bits per heavy atom. The van der Waals surface area contributed by atoms with Gasteiger partial charge < -0.3 is 0 Å². The van der Waals surface area contributed by atoms with Crippen molar-refractivity contribution < 1.29 is 0 Å². The average molecular weight is 190 g/mol. The summed E-state index contributed by atoms with van der Waals surface area (Å²) in [4.78, 5) is 9.30. The van der Waals surface area contributed by atoms with Gasteiger partial charge in [0.15, 0.2) is 5.82 Å². The van der Waals surface area contributed by atoms with Crippen molar-refractivity contribution in [2.45, 2.75) is 32.2 Å². The SMILES string of the molecule is Cc1nc2c(nc1C1CC1)CNN2C. The van der Waals surface area contributed by atoms with Crippen molar-refractivity contribution >= 4 is 5.82 Å². The van der Waals surface area contributed by atoms with Crippen LogP contribution in [0.3, 0.4) is 0 Å². The molecule has 2 heterocycles. The minimum Gasteiger partial charge on any atom is -0.293 e. The van der Waals surface area contributed by atoms with E-state index in [1.165, 1.54) is 18.5 Å². The Labute approximate surface area is 83.3 Å². The molecule has 4 nitrogen and oxygen atoms in total. The Hall–Kier alpha value is -1.16. The first-order valence-corrected chi connectivity index (χ1v) is 5.10. The molecule has 2 aliphatic rings. The molecular weight excluding hydrogens is 176 g/mol. The molecule has 3 rings (SSSR count). The number of rotatable bonds is 1. The highest BCUT2D eigenvalue weighted by Gasteiger charge is 2.30. The Morgan fingerprint density at radius 2 is 2.14 bits per heavy atom. The smallest absolute Gasteiger partial charge is 0.166 e. The molecule has 14 heavy (non-hydrogen) atoms. The van der Waals surface area contributed by atoms with E-state index in [-0.39, 0.29) is 0 Å². The highest BCUT2D eigenvalue weighted by Crippen LogP contribution is 2.41. The Morgan fingerprint density at radius 3 is 2.86 bits per heavy atom. The lowest BCUT2D eigenvalue weighted by Gasteiger charge is -2.11. The van der Waals surface area contributed by atoms with Gasteiger partial charge in [0.1, 0.15) is 5.69 Å². The van der Waals surface area contributed by atoms with Crippen molar-refractivity contribution in [1.29, 1.82) is 0 Å². The molecular formula is C10H14N4. The maximum Gasteiger partial charge on any atom is 0.166 e. The highest BCUT2D eigenvalue weighted by atomic mass is 15.5. The lowest BCUT2D eigenvalue weighted by atomic mass is 10.2. The normalized spacial score (nSPS) is 20.0. The van der Waals surface area contributed by atoms with E-state index in [0.717, 1.165) is 23.8 Å². The van der Waals surface area contributed by atoms with Crippen LogP contribution in [0, 0.1) is 6.92 Å². The first-order valence-electron chi connectivity index (χ1n) is 5.10. The molecule has 0 amide bonds. The maximum atomic E-state index is 4.70. The summed E-state index contributed by atoms with van der Waals surface area (Å²) in [5.74, 6) is 1.69. The second kappa shape index (κ2) is 2.67. The monoisotopic (exact) mass is 190 g/mol. The first kappa shape index (κ1) is 8.17. The van der Waals surface area contributed by atoms with E-state index < -0.39 is 0 Å². The summed E-state index contributed by atoms with van der Waals surface area (Å²) in [6.45, 7) is 2.88. The predicted octanol–water partition coefficient (Wildman–Crippen LogP) is 1.12. The number of anilines is 1. The van der Waals surface area contributed by atoms with Gasteiger partial charge in [-0.2, -0.15) is 0 Å². The zero-order chi connectivity index (χ0) is 9.71. The fraction of sp³-hybridized carbons (Fsp3) is 0.600. The summed E-state index contributed by atoms with van der Waals surface area (Å²) in [6, 6.07) is 0. The summed E-state index contributed by atoms with van der Waals surface area (Å²) in [7, 11) is 1.98. The fourth-order valence-corrected chi connectivity index (χ4v) is 1.96. The molecule has 0 bridgehead atoms. The van der Waals surface area contributed by atoms with Crippen molar-refractivity contribution in [1.82, 2.24) is 15.4 Å². The van der Waals surface area contributed by atoms with Crippen LogP contribution in [0.25, 0.3) is 0 Å². The molecule has 1 aromatic heterocycles. The van der Waals surface area contributed by atoms with Gasteiger partial charge in [-0.15, -0.1) is 0 Å². The van der Waals surface area contributed by atoms with Crippen LogP contribution < -0.4 is 10.4 Å². The summed E-state index contributed by atoms with van der Waals surface area (Å²) in [5.41, 5.74) is 6.63. The number of hydrogen-bond acceptors (Lipinski definition) is 4. The van der Waals surface area contributed by atoms with Crippen molar-refractivity contribution in [3.05, 3.63) is 17.1 Å². The number of hydrazine groups is 1. The summed E-state index contributed by atoms with van der Waals surface area (Å²) in [5, 5.41) is 1.95. The minimum atomic E-state index is 0.693. The van der Waals surface area contributed by atoms with Crippen LogP contribution in [-0.2, 0) is 6.54 Å². The van der Waals surface area contributed by atoms with Crippen molar-refractivity contribution in [2.75, 3.05) is 12.1 Å². The van der Waals surface area contributed by atoms with Crippen LogP contribution in [0.5, 0.6) is 0 Å². The molecule has 1 saturated carbocycles. The standard InChI is InChI=1S/C10H14N4/c1-6-9(7-3-4-7)13-8-5-11-14(2)10(8)12-6/h7,11H,3-5H2,1-2H3. The molecule has 0 aromatic carbocycles. The van der Waals surface area contributed by atoms with Gasteiger partial charge in [0.25, 0.3) is 0 Å². The number of nitrogens with one attached hydrogen (secondary N) is 1. The van der Waals surface area contributed by atoms with Gasteiger partial charge >= 0.3 is 0 Å². The van der Waals surface area contributed by atoms with Crippen LogP contribution in [0.2, 0.25) is 0 Å². The van der Waals surface area contributed by atoms with E-state index in [2.05, 4.69) is 17.3 Å². The van der Waals surface area contributed by atoms with E-state index in [9.17, 15) is 0 Å². The minimum absolute atomic E-state index is 0.693. The fourth-order valence-electron chi connectivity index (χ4n) is 1.96. The van der Waals surface area contributed by atoms with Crippen molar-refractivity contribution in [3.8, 4) is 0 Å². The molecule has 0 unspecified atom stereocenters. The largest absolute Gasteiger partial charge is 0.293 e. The quantitative estimate of drug-likeness (QED) is 0.720. The number of nitrogens with zero attached hydrogens (tertiary/aromatic N) is 3. The first-order chi connectivity index (χ1) is 6.75. The van der Waals surface area contributed by atoms with Gasteiger partial charge in [0, 0.05) is 13.0 Å². The van der Waals surface area contributed by atoms with Crippen LogP contribution in [0.1, 0.15) is 35.8 Å². The third-order valence-electron chi connectivity index (χ3n) is 2.92. The van der Waals surface area contributed by atoms with Gasteiger partial charge in [-0.3, -0.25) is 9.99 Å². The van der Waals surface area contributed by atoms with Crippen LogP contribution in [0.4, 0.5) is 5.82 Å². The lowest BCUT2D eigenvalue weighted by Crippen LogP contribution is -2.27. The molecule has 0 saturated heterocycles. The third-order valence-corrected chi connectivity index (χ3v) is 2.92. The lowest BCUT2D eigenvalue weighted by molar-refractivity contribution is 0.724. The number of hydrogen-bond donors (Lipinski definition) is 1. The van der Waals surface area contributed by atoms with Crippen LogP contribution in [-0.4, -0.2) is 17.0 Å². The number of fused-ring (bicyclic) bond motifs is 1. The molecule has 1 fully saturated rings. The summed E-state index contributed by atoms with van der Waals surface area (Å²) in [6.07, 6.45) is 2.58. The molecule has 74 valence electrons. The van der Waals surface area contributed by atoms with Gasteiger partial charge in [0.2, 0.25) is 0 Å². The topological polar surface area (TPSA) is 41.1 Å². The molecule has 0 atom stereocenters. The third kappa shape index (κ3) is 1.10. The number of aromatic nitrogens is 2. The highest BCUT2D eigenvalue weighted by molar-refractivity contribution is 5.47. The molecule has 1 N–H and O–H groups in total. The Kier molecular flexibility index (Phi) is 1.56. The molecule has 1 aliphatic heterocycles. The molecule has 1 aliphatic carbocycles. The summed E-state index contributed by atoms with van der Waals surface area (Å²) >= 11 is 0. The molecule has 1 aromatic rings. The van der Waals surface area contributed by atoms with E-state index in [1.807, 2.05) is 12.1 Å². The van der Waals surface area contributed by atoms with Crippen LogP contribution >= 0.6 is 0 Å². The summed E-state index contributed by atoms with van der Waals surface area (Å²) < 4.78 is 0. The maximum absolute atomic E-state index is 4.70.